The SMILES string of the molecule is C=C[C@]1(C)C[C@@H](CO)O[C@@H](c2ccccc2)O1. The van der Waals surface area contributed by atoms with Crippen molar-refractivity contribution in [3.63, 3.8) is 0 Å². The zero-order valence-corrected chi connectivity index (χ0v) is 10.0. The lowest BCUT2D eigenvalue weighted by molar-refractivity contribution is -0.273. The topological polar surface area (TPSA) is 38.7 Å². The van der Waals surface area contributed by atoms with Gasteiger partial charge < -0.3 is 14.6 Å². The zero-order valence-electron chi connectivity index (χ0n) is 10.0. The molecule has 0 spiro atoms. The molecule has 1 heterocycles. The van der Waals surface area contributed by atoms with Crippen molar-refractivity contribution in [2.75, 3.05) is 6.61 Å². The second kappa shape index (κ2) is 5.00. The van der Waals surface area contributed by atoms with Crippen molar-refractivity contribution in [3.8, 4) is 0 Å². The molecule has 1 saturated heterocycles. The zero-order chi connectivity index (χ0) is 12.3. The van der Waals surface area contributed by atoms with E-state index < -0.39 is 11.9 Å². The van der Waals surface area contributed by atoms with Crippen LogP contribution in [0.3, 0.4) is 0 Å². The van der Waals surface area contributed by atoms with Gasteiger partial charge >= 0.3 is 0 Å². The third-order valence-electron chi connectivity index (χ3n) is 3.03. The first kappa shape index (κ1) is 12.3. The van der Waals surface area contributed by atoms with E-state index in [0.717, 1.165) is 5.56 Å². The molecule has 0 unspecified atom stereocenters. The van der Waals surface area contributed by atoms with Crippen LogP contribution in [0, 0.1) is 0 Å². The maximum Gasteiger partial charge on any atom is 0.185 e. The molecule has 1 aromatic carbocycles. The Morgan fingerprint density at radius 2 is 2.18 bits per heavy atom. The monoisotopic (exact) mass is 234 g/mol. The lowest BCUT2D eigenvalue weighted by Gasteiger charge is -2.40. The molecule has 1 N–H and O–H groups in total. The summed E-state index contributed by atoms with van der Waals surface area (Å²) in [5.74, 6) is 0. The maximum atomic E-state index is 9.27. The summed E-state index contributed by atoms with van der Waals surface area (Å²) < 4.78 is 11.6. The molecule has 1 fully saturated rings. The molecule has 3 atom stereocenters. The Morgan fingerprint density at radius 1 is 1.47 bits per heavy atom. The lowest BCUT2D eigenvalue weighted by Crippen LogP contribution is -2.42. The minimum atomic E-state index is -0.452. The van der Waals surface area contributed by atoms with Crippen LogP contribution in [0.5, 0.6) is 0 Å². The second-order valence-corrected chi connectivity index (χ2v) is 4.52. The van der Waals surface area contributed by atoms with Gasteiger partial charge in [0.1, 0.15) is 0 Å². The van der Waals surface area contributed by atoms with E-state index in [1.54, 1.807) is 6.08 Å². The number of aliphatic hydroxyl groups is 1. The molecule has 0 aromatic heterocycles. The number of hydrogen-bond acceptors (Lipinski definition) is 3. The molecule has 0 amide bonds. The highest BCUT2D eigenvalue weighted by Gasteiger charge is 2.37. The van der Waals surface area contributed by atoms with E-state index in [4.69, 9.17) is 9.47 Å². The van der Waals surface area contributed by atoms with Crippen LogP contribution in [0.4, 0.5) is 0 Å². The highest BCUT2D eigenvalue weighted by molar-refractivity contribution is 5.17. The van der Waals surface area contributed by atoms with Gasteiger partial charge in [-0.15, -0.1) is 6.58 Å². The summed E-state index contributed by atoms with van der Waals surface area (Å²) in [6.07, 6.45) is 1.74. The first-order valence-corrected chi connectivity index (χ1v) is 5.79. The molecule has 0 saturated carbocycles. The Kier molecular flexibility index (Phi) is 3.62. The Hall–Kier alpha value is -1.16. The average molecular weight is 234 g/mol. The van der Waals surface area contributed by atoms with Crippen LogP contribution in [-0.4, -0.2) is 23.4 Å². The molecule has 0 bridgehead atoms. The number of hydrogen-bond donors (Lipinski definition) is 1. The predicted molar refractivity (Wildman–Crippen MR) is 65.4 cm³/mol. The minimum absolute atomic E-state index is 0.00385. The van der Waals surface area contributed by atoms with Crippen LogP contribution >= 0.6 is 0 Å². The normalized spacial score (nSPS) is 33.3. The van der Waals surface area contributed by atoms with E-state index in [9.17, 15) is 5.11 Å². The maximum absolute atomic E-state index is 9.27. The van der Waals surface area contributed by atoms with E-state index >= 15 is 0 Å². The molecule has 3 heteroatoms. The molecule has 0 aliphatic carbocycles. The van der Waals surface area contributed by atoms with Crippen molar-refractivity contribution in [2.24, 2.45) is 0 Å². The number of benzene rings is 1. The van der Waals surface area contributed by atoms with Gasteiger partial charge in [-0.25, -0.2) is 0 Å². The molecule has 0 radical (unpaired) electrons. The first-order chi connectivity index (χ1) is 8.17. The van der Waals surface area contributed by atoms with Gasteiger partial charge in [-0.05, 0) is 6.92 Å². The molecule has 1 aliphatic rings. The van der Waals surface area contributed by atoms with Crippen LogP contribution in [-0.2, 0) is 9.47 Å². The smallest absolute Gasteiger partial charge is 0.185 e. The predicted octanol–water partition coefficient (Wildman–Crippen LogP) is 2.43. The van der Waals surface area contributed by atoms with Crippen molar-refractivity contribution in [3.05, 3.63) is 48.6 Å². The van der Waals surface area contributed by atoms with E-state index in [1.807, 2.05) is 37.3 Å². The molecule has 2 rings (SSSR count). The van der Waals surface area contributed by atoms with Crippen molar-refractivity contribution < 1.29 is 14.6 Å². The third kappa shape index (κ3) is 2.75. The van der Waals surface area contributed by atoms with Gasteiger partial charge in [0, 0.05) is 12.0 Å². The second-order valence-electron chi connectivity index (χ2n) is 4.52. The molecule has 92 valence electrons. The van der Waals surface area contributed by atoms with Gasteiger partial charge in [0.05, 0.1) is 18.3 Å². The minimum Gasteiger partial charge on any atom is -0.394 e. The quantitative estimate of drug-likeness (QED) is 0.816. The van der Waals surface area contributed by atoms with Gasteiger partial charge in [0.15, 0.2) is 6.29 Å². The summed E-state index contributed by atoms with van der Waals surface area (Å²) in [7, 11) is 0. The van der Waals surface area contributed by atoms with Gasteiger partial charge in [0.2, 0.25) is 0 Å². The number of aliphatic hydroxyl groups excluding tert-OH is 1. The van der Waals surface area contributed by atoms with Crippen LogP contribution < -0.4 is 0 Å². The molecular formula is C14H18O3. The molecule has 1 aliphatic heterocycles. The van der Waals surface area contributed by atoms with E-state index in [0.29, 0.717) is 6.42 Å². The van der Waals surface area contributed by atoms with Crippen LogP contribution in [0.1, 0.15) is 25.2 Å². The fourth-order valence-corrected chi connectivity index (χ4v) is 1.99. The standard InChI is InChI=1S/C14H18O3/c1-3-14(2)9-12(10-15)16-13(17-14)11-7-5-4-6-8-11/h3-8,12-13,15H,1,9-10H2,2H3/t12-,13+,14+/m0/s1. The summed E-state index contributed by atoms with van der Waals surface area (Å²) >= 11 is 0. The average Bonchev–Trinajstić information content (AvgIpc) is 2.39. The molecule has 17 heavy (non-hydrogen) atoms. The fraction of sp³-hybridized carbons (Fsp3) is 0.429. The van der Waals surface area contributed by atoms with Gasteiger partial charge in [-0.1, -0.05) is 36.4 Å². The lowest BCUT2D eigenvalue weighted by atomic mass is 9.96. The Balaban J connectivity index is 2.20. The Labute approximate surface area is 102 Å². The summed E-state index contributed by atoms with van der Waals surface area (Å²) in [6, 6.07) is 9.73. The molecular weight excluding hydrogens is 216 g/mol. The number of ether oxygens (including phenoxy) is 2. The van der Waals surface area contributed by atoms with Gasteiger partial charge in [-0.2, -0.15) is 0 Å². The highest BCUT2D eigenvalue weighted by atomic mass is 16.7. The fourth-order valence-electron chi connectivity index (χ4n) is 1.99. The summed E-state index contributed by atoms with van der Waals surface area (Å²) in [4.78, 5) is 0. The molecule has 3 nitrogen and oxygen atoms in total. The van der Waals surface area contributed by atoms with Crippen molar-refractivity contribution in [1.29, 1.82) is 0 Å². The van der Waals surface area contributed by atoms with Crippen molar-refractivity contribution in [1.82, 2.24) is 0 Å². The van der Waals surface area contributed by atoms with Crippen molar-refractivity contribution >= 4 is 0 Å². The van der Waals surface area contributed by atoms with E-state index in [2.05, 4.69) is 6.58 Å². The van der Waals surface area contributed by atoms with Crippen LogP contribution in [0.15, 0.2) is 43.0 Å². The highest BCUT2D eigenvalue weighted by Crippen LogP contribution is 2.36. The Morgan fingerprint density at radius 3 is 2.76 bits per heavy atom. The van der Waals surface area contributed by atoms with E-state index in [1.165, 1.54) is 0 Å². The summed E-state index contributed by atoms with van der Waals surface area (Å²) in [6.45, 7) is 5.75. The Bertz CT molecular complexity index is 376. The van der Waals surface area contributed by atoms with E-state index in [-0.39, 0.29) is 12.7 Å². The number of rotatable bonds is 3. The summed E-state index contributed by atoms with van der Waals surface area (Å²) in [5, 5.41) is 9.27. The van der Waals surface area contributed by atoms with Crippen LogP contribution in [0.2, 0.25) is 0 Å². The van der Waals surface area contributed by atoms with Gasteiger partial charge in [-0.3, -0.25) is 0 Å². The van der Waals surface area contributed by atoms with Crippen LogP contribution in [0.25, 0.3) is 0 Å². The first-order valence-electron chi connectivity index (χ1n) is 5.79. The summed E-state index contributed by atoms with van der Waals surface area (Å²) in [5.41, 5.74) is 0.505. The van der Waals surface area contributed by atoms with Gasteiger partial charge in [0.25, 0.3) is 0 Å². The van der Waals surface area contributed by atoms with Crippen molar-refractivity contribution in [2.45, 2.75) is 31.3 Å². The molecule has 1 aromatic rings. The largest absolute Gasteiger partial charge is 0.394 e. The third-order valence-corrected chi connectivity index (χ3v) is 3.03.